The molecule has 0 aliphatic carbocycles. The molecule has 0 saturated heterocycles. The fraction of sp³-hybridized carbons (Fsp3) is 0.346. The number of rotatable bonds is 9. The topological polar surface area (TPSA) is 98.7 Å². The fourth-order valence-corrected chi connectivity index (χ4v) is 5.09. The number of allylic oxidation sites excluding steroid dienone is 1. The molecule has 186 valence electrons. The summed E-state index contributed by atoms with van der Waals surface area (Å²) in [4.78, 5) is 18.3. The predicted octanol–water partition coefficient (Wildman–Crippen LogP) is 4.56. The molecule has 4 aromatic rings. The van der Waals surface area contributed by atoms with Gasteiger partial charge in [0.2, 0.25) is 5.82 Å². The lowest BCUT2D eigenvalue weighted by molar-refractivity contribution is 0.438. The lowest BCUT2D eigenvalue weighted by atomic mass is 9.76. The number of halogens is 1. The molecule has 0 saturated carbocycles. The lowest BCUT2D eigenvalue weighted by Crippen LogP contribution is -2.37. The minimum Gasteiger partial charge on any atom is -0.333 e. The van der Waals surface area contributed by atoms with Crippen molar-refractivity contribution in [2.45, 2.75) is 58.0 Å². The van der Waals surface area contributed by atoms with Gasteiger partial charge in [0, 0.05) is 54.6 Å². The Hall–Kier alpha value is -3.72. The molecule has 0 bridgehead atoms. The van der Waals surface area contributed by atoms with Gasteiger partial charge in [0.15, 0.2) is 0 Å². The van der Waals surface area contributed by atoms with Gasteiger partial charge in [-0.25, -0.2) is 4.79 Å². The lowest BCUT2D eigenvalue weighted by Gasteiger charge is -2.32. The second-order valence-corrected chi connectivity index (χ2v) is 9.47. The highest BCUT2D eigenvalue weighted by atomic mass is 35.5. The molecule has 1 aliphatic rings. The van der Waals surface area contributed by atoms with Crippen LogP contribution < -0.4 is 5.69 Å². The standard InChI is InChI=1S/C26H29ClN8O/c1-3-5-9-21-17-34(24-22(27)10-15-33(24)4-2)25(36)35(21)18-26(11-13-28-14-12-26)20-8-6-7-19(16-20)23-29-31-32-30-23/h6-8,10-11,13-17H,3-5,9,12,18H2,1-2H3,(H,29,30,31,32). The van der Waals surface area contributed by atoms with Crippen molar-refractivity contribution in [2.24, 2.45) is 4.99 Å². The van der Waals surface area contributed by atoms with E-state index in [2.05, 4.69) is 50.7 Å². The third-order valence-electron chi connectivity index (χ3n) is 6.83. The molecule has 10 heteroatoms. The van der Waals surface area contributed by atoms with Gasteiger partial charge >= 0.3 is 5.69 Å². The zero-order valence-electron chi connectivity index (χ0n) is 20.4. The van der Waals surface area contributed by atoms with E-state index in [4.69, 9.17) is 11.6 Å². The number of imidazole rings is 1. The van der Waals surface area contributed by atoms with Crippen LogP contribution in [0.4, 0.5) is 0 Å². The monoisotopic (exact) mass is 504 g/mol. The van der Waals surface area contributed by atoms with Gasteiger partial charge in [-0.3, -0.25) is 14.1 Å². The first kappa shape index (κ1) is 24.0. The van der Waals surface area contributed by atoms with E-state index in [0.29, 0.717) is 29.6 Å². The summed E-state index contributed by atoms with van der Waals surface area (Å²) in [6.45, 7) is 5.39. The zero-order chi connectivity index (χ0) is 25.1. The van der Waals surface area contributed by atoms with Gasteiger partial charge in [-0.1, -0.05) is 49.2 Å². The van der Waals surface area contributed by atoms with Crippen molar-refractivity contribution >= 4 is 17.8 Å². The number of hydrogen-bond donors (Lipinski definition) is 1. The molecule has 9 nitrogen and oxygen atoms in total. The molecule has 3 aromatic heterocycles. The van der Waals surface area contributed by atoms with Crippen LogP contribution in [0, 0.1) is 0 Å². The number of nitrogens with one attached hydrogen (secondary N) is 1. The van der Waals surface area contributed by atoms with Crippen LogP contribution in [0.2, 0.25) is 5.02 Å². The number of nitrogens with zero attached hydrogens (tertiary/aromatic N) is 7. The van der Waals surface area contributed by atoms with Crippen LogP contribution in [0.5, 0.6) is 0 Å². The maximum Gasteiger partial charge on any atom is 0.334 e. The number of tetrazole rings is 1. The van der Waals surface area contributed by atoms with Crippen molar-refractivity contribution in [1.82, 2.24) is 34.3 Å². The zero-order valence-corrected chi connectivity index (χ0v) is 21.2. The van der Waals surface area contributed by atoms with Gasteiger partial charge in [0.05, 0.1) is 5.02 Å². The molecule has 5 rings (SSSR count). The van der Waals surface area contributed by atoms with Gasteiger partial charge in [0.1, 0.15) is 5.82 Å². The largest absolute Gasteiger partial charge is 0.334 e. The maximum absolute atomic E-state index is 13.9. The molecule has 0 spiro atoms. The average molecular weight is 505 g/mol. The first-order valence-electron chi connectivity index (χ1n) is 12.3. The summed E-state index contributed by atoms with van der Waals surface area (Å²) in [5, 5.41) is 15.0. The Labute approximate surface area is 214 Å². The van der Waals surface area contributed by atoms with Crippen LogP contribution >= 0.6 is 11.6 Å². The Kier molecular flexibility index (Phi) is 6.73. The quantitative estimate of drug-likeness (QED) is 0.361. The number of aromatic nitrogens is 7. The molecule has 1 atom stereocenters. The van der Waals surface area contributed by atoms with Crippen molar-refractivity contribution < 1.29 is 0 Å². The number of aryl methyl sites for hydroxylation is 2. The van der Waals surface area contributed by atoms with E-state index in [1.165, 1.54) is 0 Å². The van der Waals surface area contributed by atoms with Crippen LogP contribution in [0.1, 0.15) is 44.4 Å². The normalized spacial score (nSPS) is 17.2. The van der Waals surface area contributed by atoms with Gasteiger partial charge in [-0.15, -0.1) is 10.2 Å². The summed E-state index contributed by atoms with van der Waals surface area (Å²) in [6, 6.07) is 9.93. The van der Waals surface area contributed by atoms with Crippen molar-refractivity contribution in [3.05, 3.63) is 81.8 Å². The van der Waals surface area contributed by atoms with E-state index in [1.54, 1.807) is 4.57 Å². The number of hydrogen-bond acceptors (Lipinski definition) is 5. The molecule has 1 unspecified atom stereocenters. The number of aromatic amines is 1. The summed E-state index contributed by atoms with van der Waals surface area (Å²) >= 11 is 6.54. The summed E-state index contributed by atoms with van der Waals surface area (Å²) in [7, 11) is 0. The Balaban J connectivity index is 1.62. The van der Waals surface area contributed by atoms with E-state index >= 15 is 0 Å². The summed E-state index contributed by atoms with van der Waals surface area (Å²) in [5.74, 6) is 1.23. The smallest absolute Gasteiger partial charge is 0.333 e. The highest BCUT2D eigenvalue weighted by Crippen LogP contribution is 2.35. The van der Waals surface area contributed by atoms with Gasteiger partial charge in [0.25, 0.3) is 0 Å². The van der Waals surface area contributed by atoms with Gasteiger partial charge in [-0.2, -0.15) is 5.21 Å². The molecule has 0 fully saturated rings. The van der Waals surface area contributed by atoms with E-state index in [1.807, 2.05) is 59.1 Å². The van der Waals surface area contributed by atoms with E-state index in [-0.39, 0.29) is 5.69 Å². The second kappa shape index (κ2) is 10.1. The number of benzene rings is 1. The average Bonchev–Trinajstić information content (AvgIpc) is 3.64. The van der Waals surface area contributed by atoms with Gasteiger partial charge in [-0.05, 0) is 49.1 Å². The molecule has 1 N–H and O–H groups in total. The Bertz CT molecular complexity index is 1460. The molecular formula is C26H29ClN8O. The first-order chi connectivity index (χ1) is 17.6. The van der Waals surface area contributed by atoms with Crippen LogP contribution in [0.3, 0.4) is 0 Å². The molecule has 4 heterocycles. The van der Waals surface area contributed by atoms with Crippen LogP contribution in [-0.4, -0.2) is 40.5 Å². The highest BCUT2D eigenvalue weighted by molar-refractivity contribution is 6.32. The SMILES string of the molecule is CCCCc1cn(-c2c(Cl)ccn2CC)c(=O)n1CC1(c2cccc(-c3nn[nH]n3)c2)C=CN=CC1. The van der Waals surface area contributed by atoms with Gasteiger partial charge < -0.3 is 4.57 Å². The first-order valence-corrected chi connectivity index (χ1v) is 12.6. The van der Waals surface area contributed by atoms with Crippen LogP contribution in [-0.2, 0) is 24.9 Å². The number of H-pyrrole nitrogens is 1. The summed E-state index contributed by atoms with van der Waals surface area (Å²) in [6.07, 6.45) is 13.2. The number of unbranched alkanes of at least 4 members (excludes halogenated alkanes) is 1. The van der Waals surface area contributed by atoms with Crippen LogP contribution in [0.25, 0.3) is 17.2 Å². The Morgan fingerprint density at radius 3 is 2.83 bits per heavy atom. The minimum absolute atomic E-state index is 0.0963. The summed E-state index contributed by atoms with van der Waals surface area (Å²) < 4.78 is 5.60. The van der Waals surface area contributed by atoms with E-state index < -0.39 is 5.41 Å². The van der Waals surface area contributed by atoms with Crippen molar-refractivity contribution in [3.63, 3.8) is 0 Å². The van der Waals surface area contributed by atoms with E-state index in [0.717, 1.165) is 42.6 Å². The number of aliphatic imine (C=N–C) groups is 1. The molecule has 0 amide bonds. The Morgan fingerprint density at radius 2 is 2.11 bits per heavy atom. The van der Waals surface area contributed by atoms with Crippen molar-refractivity contribution in [3.8, 4) is 17.2 Å². The van der Waals surface area contributed by atoms with Crippen LogP contribution in [0.15, 0.2) is 64.8 Å². The van der Waals surface area contributed by atoms with Crippen molar-refractivity contribution in [2.75, 3.05) is 0 Å². The predicted molar refractivity (Wildman–Crippen MR) is 141 cm³/mol. The van der Waals surface area contributed by atoms with Crippen molar-refractivity contribution in [1.29, 1.82) is 0 Å². The highest BCUT2D eigenvalue weighted by Gasteiger charge is 2.33. The third-order valence-corrected chi connectivity index (χ3v) is 7.12. The molecular weight excluding hydrogens is 476 g/mol. The molecule has 1 aliphatic heterocycles. The second-order valence-electron chi connectivity index (χ2n) is 9.06. The van der Waals surface area contributed by atoms with E-state index in [9.17, 15) is 4.79 Å². The Morgan fingerprint density at radius 1 is 1.22 bits per heavy atom. The maximum atomic E-state index is 13.9. The molecule has 0 radical (unpaired) electrons. The fourth-order valence-electron chi connectivity index (χ4n) is 4.84. The molecule has 36 heavy (non-hydrogen) atoms. The minimum atomic E-state index is -0.463. The summed E-state index contributed by atoms with van der Waals surface area (Å²) in [5.41, 5.74) is 2.35. The third kappa shape index (κ3) is 4.35. The molecule has 1 aromatic carbocycles.